The number of anilines is 1. The molecule has 8 heteroatoms. The van der Waals surface area contributed by atoms with Gasteiger partial charge in [0.05, 0.1) is 16.8 Å². The summed E-state index contributed by atoms with van der Waals surface area (Å²) in [5.41, 5.74) is 7.11. The first kappa shape index (κ1) is 16.3. The number of nitrogens with two attached hydrogens (primary N) is 1. The third-order valence-electron chi connectivity index (χ3n) is 3.81. The van der Waals surface area contributed by atoms with Crippen LogP contribution in [-0.4, -0.2) is 44.9 Å². The number of benzene rings is 1. The van der Waals surface area contributed by atoms with Crippen molar-refractivity contribution in [3.05, 3.63) is 29.8 Å². The molecule has 0 radical (unpaired) electrons. The Hall–Kier alpha value is -1.12. The summed E-state index contributed by atoms with van der Waals surface area (Å²) >= 11 is 0. The first-order valence-electron chi connectivity index (χ1n) is 6.71. The highest BCUT2D eigenvalue weighted by atomic mass is 32.2. The van der Waals surface area contributed by atoms with Crippen LogP contribution in [0, 0.1) is 0 Å². The van der Waals surface area contributed by atoms with Crippen molar-refractivity contribution in [2.45, 2.75) is 24.6 Å². The Morgan fingerprint density at radius 1 is 1.24 bits per heavy atom. The minimum Gasteiger partial charge on any atom is -0.398 e. The Labute approximate surface area is 125 Å². The van der Waals surface area contributed by atoms with Crippen LogP contribution in [0.5, 0.6) is 0 Å². The van der Waals surface area contributed by atoms with Crippen molar-refractivity contribution < 1.29 is 16.8 Å². The highest BCUT2D eigenvalue weighted by Gasteiger charge is 2.35. The van der Waals surface area contributed by atoms with Gasteiger partial charge >= 0.3 is 0 Å². The Morgan fingerprint density at radius 2 is 1.81 bits per heavy atom. The molecule has 1 aliphatic heterocycles. The van der Waals surface area contributed by atoms with Gasteiger partial charge in [0, 0.05) is 19.3 Å². The summed E-state index contributed by atoms with van der Waals surface area (Å²) in [5.74, 6) is -0.115. The summed E-state index contributed by atoms with van der Waals surface area (Å²) in [6.07, 6.45) is 0.332. The van der Waals surface area contributed by atoms with Crippen molar-refractivity contribution in [2.24, 2.45) is 0 Å². The van der Waals surface area contributed by atoms with E-state index in [1.54, 1.807) is 24.3 Å². The van der Waals surface area contributed by atoms with Gasteiger partial charge < -0.3 is 5.73 Å². The van der Waals surface area contributed by atoms with Crippen LogP contribution in [0.1, 0.15) is 18.4 Å². The van der Waals surface area contributed by atoms with Crippen LogP contribution >= 0.6 is 0 Å². The maximum absolute atomic E-state index is 12.5. The monoisotopic (exact) mass is 332 g/mol. The number of rotatable bonds is 4. The fourth-order valence-corrected chi connectivity index (χ4v) is 5.88. The van der Waals surface area contributed by atoms with E-state index in [-0.39, 0.29) is 30.9 Å². The lowest BCUT2D eigenvalue weighted by molar-refractivity contribution is 0.449. The van der Waals surface area contributed by atoms with E-state index in [4.69, 9.17) is 5.73 Å². The van der Waals surface area contributed by atoms with E-state index in [1.165, 1.54) is 11.4 Å². The third-order valence-corrected chi connectivity index (χ3v) is 7.83. The largest absolute Gasteiger partial charge is 0.398 e. The second-order valence-corrected chi connectivity index (χ2v) is 9.97. The lowest BCUT2D eigenvalue weighted by Crippen LogP contribution is -2.40. The molecule has 1 heterocycles. The first-order chi connectivity index (χ1) is 9.72. The van der Waals surface area contributed by atoms with E-state index in [1.807, 2.05) is 0 Å². The van der Waals surface area contributed by atoms with Crippen LogP contribution in [0.15, 0.2) is 24.3 Å². The van der Waals surface area contributed by atoms with Gasteiger partial charge in [-0.25, -0.2) is 21.1 Å². The van der Waals surface area contributed by atoms with E-state index in [9.17, 15) is 16.8 Å². The molecule has 1 fully saturated rings. The molecule has 1 saturated heterocycles. The first-order valence-corrected chi connectivity index (χ1v) is 10.0. The van der Waals surface area contributed by atoms with Crippen LogP contribution in [0.25, 0.3) is 0 Å². The molecule has 1 aliphatic rings. The maximum Gasteiger partial charge on any atom is 0.217 e. The number of hydrogen-bond acceptors (Lipinski definition) is 5. The molecule has 118 valence electrons. The fourth-order valence-electron chi connectivity index (χ4n) is 2.43. The fraction of sp³-hybridized carbons (Fsp3) is 0.538. The van der Waals surface area contributed by atoms with E-state index >= 15 is 0 Å². The predicted molar refractivity (Wildman–Crippen MR) is 82.9 cm³/mol. The van der Waals surface area contributed by atoms with Crippen molar-refractivity contribution in [3.63, 3.8) is 0 Å². The number of sulfonamides is 1. The smallest absolute Gasteiger partial charge is 0.217 e. The van der Waals surface area contributed by atoms with Crippen LogP contribution in [-0.2, 0) is 26.4 Å². The predicted octanol–water partition coefficient (Wildman–Crippen LogP) is 0.608. The van der Waals surface area contributed by atoms with Gasteiger partial charge in [-0.2, -0.15) is 0 Å². The average Bonchev–Trinajstić information content (AvgIpc) is 2.40. The summed E-state index contributed by atoms with van der Waals surface area (Å²) in [6.45, 7) is 0.193. The van der Waals surface area contributed by atoms with Crippen LogP contribution in [0.2, 0.25) is 0 Å². The Balaban J connectivity index is 2.11. The molecule has 0 bridgehead atoms. The molecule has 2 rings (SSSR count). The second kappa shape index (κ2) is 5.94. The molecule has 0 aliphatic carbocycles. The summed E-state index contributed by atoms with van der Waals surface area (Å²) < 4.78 is 49.1. The molecule has 0 saturated carbocycles. The van der Waals surface area contributed by atoms with Gasteiger partial charge in [0.25, 0.3) is 0 Å². The molecule has 1 aromatic rings. The van der Waals surface area contributed by atoms with Crippen LogP contribution < -0.4 is 5.73 Å². The van der Waals surface area contributed by atoms with E-state index in [2.05, 4.69) is 0 Å². The highest BCUT2D eigenvalue weighted by Crippen LogP contribution is 2.23. The maximum atomic E-state index is 12.5. The topological polar surface area (TPSA) is 97.5 Å². The molecular weight excluding hydrogens is 312 g/mol. The van der Waals surface area contributed by atoms with Gasteiger partial charge in [-0.3, -0.25) is 0 Å². The second-order valence-electron chi connectivity index (χ2n) is 5.35. The number of hydrogen-bond donors (Lipinski definition) is 1. The molecule has 2 N–H and O–H groups in total. The van der Waals surface area contributed by atoms with Crippen molar-refractivity contribution in [1.29, 1.82) is 0 Å². The Bertz CT molecular complexity index is 699. The van der Waals surface area contributed by atoms with Gasteiger partial charge in [0.2, 0.25) is 10.0 Å². The number of sulfone groups is 1. The Morgan fingerprint density at radius 3 is 2.38 bits per heavy atom. The number of para-hydroxylation sites is 1. The van der Waals surface area contributed by atoms with Crippen LogP contribution in [0.4, 0.5) is 5.69 Å². The minimum atomic E-state index is -3.51. The normalized spacial score (nSPS) is 19.7. The number of nitrogens with zero attached hydrogens (tertiary/aromatic N) is 1. The third kappa shape index (κ3) is 3.75. The zero-order valence-corrected chi connectivity index (χ0v) is 13.5. The van der Waals surface area contributed by atoms with E-state index in [0.717, 1.165) is 5.56 Å². The SMILES string of the molecule is CN(Cc1ccccc1N)S(=O)(=O)C1CCS(=O)(=O)CC1. The van der Waals surface area contributed by atoms with Crippen molar-refractivity contribution in [1.82, 2.24) is 4.31 Å². The summed E-state index contributed by atoms with van der Waals surface area (Å²) in [5, 5.41) is -0.629. The molecule has 0 aromatic heterocycles. The molecule has 6 nitrogen and oxygen atoms in total. The molecular formula is C13H20N2O4S2. The van der Waals surface area contributed by atoms with Gasteiger partial charge in [-0.1, -0.05) is 18.2 Å². The molecule has 21 heavy (non-hydrogen) atoms. The highest BCUT2D eigenvalue weighted by molar-refractivity contribution is 7.92. The van der Waals surface area contributed by atoms with Crippen molar-refractivity contribution in [2.75, 3.05) is 24.3 Å². The van der Waals surface area contributed by atoms with Gasteiger partial charge in [0.15, 0.2) is 0 Å². The zero-order valence-electron chi connectivity index (χ0n) is 11.9. The minimum absolute atomic E-state index is 0.0573. The standard InChI is InChI=1S/C13H20N2O4S2/c1-15(10-11-4-2-3-5-13(11)14)21(18,19)12-6-8-20(16,17)9-7-12/h2-5,12H,6-10,14H2,1H3. The average molecular weight is 332 g/mol. The summed E-state index contributed by atoms with van der Waals surface area (Å²) in [4.78, 5) is 0. The lowest BCUT2D eigenvalue weighted by atomic mass is 10.2. The van der Waals surface area contributed by atoms with Crippen molar-refractivity contribution in [3.8, 4) is 0 Å². The molecule has 0 unspecified atom stereocenters. The molecule has 0 atom stereocenters. The van der Waals surface area contributed by atoms with Gasteiger partial charge in [-0.05, 0) is 24.5 Å². The quantitative estimate of drug-likeness (QED) is 0.815. The van der Waals surface area contributed by atoms with Gasteiger partial charge in [-0.15, -0.1) is 0 Å². The van der Waals surface area contributed by atoms with Crippen LogP contribution in [0.3, 0.4) is 0 Å². The molecule has 0 spiro atoms. The zero-order chi connectivity index (χ0) is 15.7. The summed E-state index contributed by atoms with van der Waals surface area (Å²) in [6, 6.07) is 7.11. The molecule has 1 aromatic carbocycles. The van der Waals surface area contributed by atoms with E-state index < -0.39 is 25.1 Å². The number of nitrogen functional groups attached to an aromatic ring is 1. The Kier molecular flexibility index (Phi) is 4.60. The lowest BCUT2D eigenvalue weighted by Gasteiger charge is -2.27. The van der Waals surface area contributed by atoms with E-state index in [0.29, 0.717) is 5.69 Å². The summed E-state index contributed by atoms with van der Waals surface area (Å²) in [7, 11) is -5.08. The van der Waals surface area contributed by atoms with Gasteiger partial charge in [0.1, 0.15) is 9.84 Å². The van der Waals surface area contributed by atoms with Crippen molar-refractivity contribution >= 4 is 25.5 Å². The molecule has 0 amide bonds.